The molecular weight excluding hydrogens is 467 g/mol. The quantitative estimate of drug-likeness (QED) is 0.424. The summed E-state index contributed by atoms with van der Waals surface area (Å²) >= 11 is 12.2. The highest BCUT2D eigenvalue weighted by Gasteiger charge is 2.27. The van der Waals surface area contributed by atoms with Crippen LogP contribution in [-0.2, 0) is 14.8 Å². The average Bonchev–Trinajstić information content (AvgIpc) is 2.75. The van der Waals surface area contributed by atoms with Gasteiger partial charge in [0.2, 0.25) is 5.91 Å². The van der Waals surface area contributed by atoms with Crippen molar-refractivity contribution < 1.29 is 13.2 Å². The van der Waals surface area contributed by atoms with Gasteiger partial charge in [0, 0.05) is 0 Å². The van der Waals surface area contributed by atoms with Gasteiger partial charge >= 0.3 is 0 Å². The number of benzene rings is 3. The van der Waals surface area contributed by atoms with Crippen LogP contribution < -0.4 is 9.62 Å². The average molecular weight is 491 g/mol. The van der Waals surface area contributed by atoms with Crippen LogP contribution in [0.25, 0.3) is 0 Å². The maximum Gasteiger partial charge on any atom is 0.264 e. The van der Waals surface area contributed by atoms with E-state index in [0.717, 1.165) is 15.4 Å². The van der Waals surface area contributed by atoms with E-state index in [0.29, 0.717) is 17.3 Å². The first-order valence-corrected chi connectivity index (χ1v) is 12.2. The Morgan fingerprint density at radius 3 is 2.19 bits per heavy atom. The highest BCUT2D eigenvalue weighted by molar-refractivity contribution is 7.92. The van der Waals surface area contributed by atoms with Crippen LogP contribution in [0.15, 0.2) is 71.6 Å². The lowest BCUT2D eigenvalue weighted by molar-refractivity contribution is -0.114. The number of sulfonamides is 1. The number of carbonyl (C=O) groups is 1. The van der Waals surface area contributed by atoms with Crippen molar-refractivity contribution in [3.63, 3.8) is 0 Å². The second kappa shape index (κ2) is 9.94. The molecule has 3 rings (SSSR count). The zero-order chi connectivity index (χ0) is 23.5. The molecular formula is C24H24Cl2N2O3S. The van der Waals surface area contributed by atoms with Gasteiger partial charge in [-0.05, 0) is 54.8 Å². The van der Waals surface area contributed by atoms with Crippen LogP contribution in [0.4, 0.5) is 11.4 Å². The first kappa shape index (κ1) is 24.1. The fraction of sp³-hybridized carbons (Fsp3) is 0.208. The van der Waals surface area contributed by atoms with E-state index >= 15 is 0 Å². The molecule has 0 aliphatic heterocycles. The van der Waals surface area contributed by atoms with Gasteiger partial charge in [0.25, 0.3) is 10.0 Å². The van der Waals surface area contributed by atoms with Crippen molar-refractivity contribution in [3.8, 4) is 0 Å². The fourth-order valence-corrected chi connectivity index (χ4v) is 4.87. The van der Waals surface area contributed by atoms with Crippen molar-refractivity contribution in [2.75, 3.05) is 16.2 Å². The SMILES string of the molecule is Cc1ccc(S(=O)(=O)N(CC(=O)Nc2cccc(Cl)c2Cl)c2ccc(C(C)C)cc2)cc1. The summed E-state index contributed by atoms with van der Waals surface area (Å²) in [4.78, 5) is 12.9. The van der Waals surface area contributed by atoms with Gasteiger partial charge in [0.15, 0.2) is 0 Å². The molecule has 0 spiro atoms. The number of halogens is 2. The van der Waals surface area contributed by atoms with Crippen LogP contribution in [0.5, 0.6) is 0 Å². The van der Waals surface area contributed by atoms with E-state index in [1.165, 1.54) is 12.1 Å². The predicted molar refractivity (Wildman–Crippen MR) is 131 cm³/mol. The summed E-state index contributed by atoms with van der Waals surface area (Å²) in [5.41, 5.74) is 2.70. The Kier molecular flexibility index (Phi) is 7.49. The van der Waals surface area contributed by atoms with Crippen LogP contribution >= 0.6 is 23.2 Å². The molecule has 32 heavy (non-hydrogen) atoms. The summed E-state index contributed by atoms with van der Waals surface area (Å²) in [6, 6.07) is 18.5. The fourth-order valence-electron chi connectivity index (χ4n) is 3.10. The molecule has 3 aromatic rings. The standard InChI is InChI=1S/C24H24Cl2N2O3S/c1-16(2)18-9-11-19(12-10-18)28(32(30,31)20-13-7-17(3)8-14-20)15-23(29)27-22-6-4-5-21(25)24(22)26/h4-14,16H,15H2,1-3H3,(H,27,29). The number of nitrogens with one attached hydrogen (secondary N) is 1. The molecule has 168 valence electrons. The highest BCUT2D eigenvalue weighted by atomic mass is 35.5. The summed E-state index contributed by atoms with van der Waals surface area (Å²) in [6.07, 6.45) is 0. The van der Waals surface area contributed by atoms with Gasteiger partial charge in [-0.1, -0.05) is 72.9 Å². The number of aryl methyl sites for hydroxylation is 1. The molecule has 0 heterocycles. The highest BCUT2D eigenvalue weighted by Crippen LogP contribution is 2.30. The number of rotatable bonds is 7. The third-order valence-corrected chi connectivity index (χ3v) is 7.58. The number of hydrogen-bond donors (Lipinski definition) is 1. The molecule has 8 heteroatoms. The first-order chi connectivity index (χ1) is 15.1. The van der Waals surface area contributed by atoms with Gasteiger partial charge in [-0.3, -0.25) is 9.10 Å². The predicted octanol–water partition coefficient (Wildman–Crippen LogP) is 6.26. The Bertz CT molecular complexity index is 1210. The Hall–Kier alpha value is -2.54. The molecule has 0 fully saturated rings. The Balaban J connectivity index is 1.97. The largest absolute Gasteiger partial charge is 0.323 e. The summed E-state index contributed by atoms with van der Waals surface area (Å²) in [5, 5.41) is 3.13. The summed E-state index contributed by atoms with van der Waals surface area (Å²) in [6.45, 7) is 5.55. The minimum Gasteiger partial charge on any atom is -0.323 e. The van der Waals surface area contributed by atoms with E-state index in [4.69, 9.17) is 23.2 Å². The smallest absolute Gasteiger partial charge is 0.264 e. The van der Waals surface area contributed by atoms with E-state index in [1.807, 2.05) is 19.1 Å². The number of anilines is 2. The molecule has 0 atom stereocenters. The molecule has 0 aromatic heterocycles. The number of amides is 1. The minimum absolute atomic E-state index is 0.102. The third-order valence-electron chi connectivity index (χ3n) is 4.97. The molecule has 1 N–H and O–H groups in total. The van der Waals surface area contributed by atoms with Crippen molar-refractivity contribution in [3.05, 3.63) is 87.9 Å². The maximum atomic E-state index is 13.5. The summed E-state index contributed by atoms with van der Waals surface area (Å²) in [5.74, 6) is -0.253. The summed E-state index contributed by atoms with van der Waals surface area (Å²) in [7, 11) is -4.00. The monoisotopic (exact) mass is 490 g/mol. The van der Waals surface area contributed by atoms with Crippen LogP contribution in [0, 0.1) is 6.92 Å². The Labute approximate surface area is 199 Å². The van der Waals surface area contributed by atoms with Gasteiger partial charge in [0.05, 0.1) is 26.3 Å². The second-order valence-electron chi connectivity index (χ2n) is 7.72. The van der Waals surface area contributed by atoms with Crippen LogP contribution in [0.1, 0.15) is 30.9 Å². The topological polar surface area (TPSA) is 66.5 Å². The van der Waals surface area contributed by atoms with Gasteiger partial charge in [-0.25, -0.2) is 8.42 Å². The van der Waals surface area contributed by atoms with Crippen molar-refractivity contribution in [2.45, 2.75) is 31.6 Å². The number of hydrogen-bond acceptors (Lipinski definition) is 3. The molecule has 5 nitrogen and oxygen atoms in total. The number of nitrogens with zero attached hydrogens (tertiary/aromatic N) is 1. The van der Waals surface area contributed by atoms with E-state index in [9.17, 15) is 13.2 Å². The maximum absolute atomic E-state index is 13.5. The van der Waals surface area contributed by atoms with Gasteiger partial charge in [0.1, 0.15) is 6.54 Å². The third kappa shape index (κ3) is 5.44. The molecule has 3 aromatic carbocycles. The van der Waals surface area contributed by atoms with Crippen molar-refractivity contribution in [2.24, 2.45) is 0 Å². The lowest BCUT2D eigenvalue weighted by Gasteiger charge is -2.25. The Morgan fingerprint density at radius 1 is 0.969 bits per heavy atom. The molecule has 0 aliphatic carbocycles. The molecule has 0 unspecified atom stereocenters. The van der Waals surface area contributed by atoms with Crippen molar-refractivity contribution in [1.82, 2.24) is 0 Å². The van der Waals surface area contributed by atoms with Gasteiger partial charge in [-0.2, -0.15) is 0 Å². The molecule has 0 aliphatic rings. The van der Waals surface area contributed by atoms with E-state index < -0.39 is 22.5 Å². The zero-order valence-corrected chi connectivity index (χ0v) is 20.3. The lowest BCUT2D eigenvalue weighted by Crippen LogP contribution is -2.38. The number of carbonyl (C=O) groups excluding carboxylic acids is 1. The molecule has 0 bridgehead atoms. The van der Waals surface area contributed by atoms with Crippen LogP contribution in [0.2, 0.25) is 10.0 Å². The van der Waals surface area contributed by atoms with Crippen molar-refractivity contribution >= 4 is 50.5 Å². The zero-order valence-electron chi connectivity index (χ0n) is 18.0. The second-order valence-corrected chi connectivity index (χ2v) is 10.4. The van der Waals surface area contributed by atoms with Crippen LogP contribution in [0.3, 0.4) is 0 Å². The molecule has 0 radical (unpaired) electrons. The first-order valence-electron chi connectivity index (χ1n) is 10.0. The van der Waals surface area contributed by atoms with E-state index in [2.05, 4.69) is 19.2 Å². The summed E-state index contributed by atoms with van der Waals surface area (Å²) < 4.78 is 28.0. The van der Waals surface area contributed by atoms with Gasteiger partial charge in [-0.15, -0.1) is 0 Å². The molecule has 1 amide bonds. The normalized spacial score (nSPS) is 11.4. The van der Waals surface area contributed by atoms with E-state index in [1.54, 1.807) is 42.5 Å². The molecule has 0 saturated carbocycles. The Morgan fingerprint density at radius 2 is 1.59 bits per heavy atom. The van der Waals surface area contributed by atoms with Gasteiger partial charge < -0.3 is 5.32 Å². The van der Waals surface area contributed by atoms with Crippen molar-refractivity contribution in [1.29, 1.82) is 0 Å². The van der Waals surface area contributed by atoms with Crippen LogP contribution in [-0.4, -0.2) is 20.9 Å². The van der Waals surface area contributed by atoms with E-state index in [-0.39, 0.29) is 14.9 Å². The lowest BCUT2D eigenvalue weighted by atomic mass is 10.0. The molecule has 0 saturated heterocycles. The minimum atomic E-state index is -4.00.